The first-order chi connectivity index (χ1) is 13.8. The van der Waals surface area contributed by atoms with Crippen LogP contribution in [0.15, 0.2) is 24.3 Å². The lowest BCUT2D eigenvalue weighted by Crippen LogP contribution is -2.13. The molecule has 0 radical (unpaired) electrons. The number of nitrogens with one attached hydrogen (secondary N) is 1. The minimum Gasteiger partial charge on any atom is -0.494 e. The number of amides is 1. The first-order valence-electron chi connectivity index (χ1n) is 10.4. The average molecular weight is 411 g/mol. The van der Waals surface area contributed by atoms with Gasteiger partial charge in [-0.25, -0.2) is 0 Å². The number of rotatable bonds is 6. The third-order valence-corrected chi connectivity index (χ3v) is 6.58. The molecule has 1 aliphatic carbocycles. The lowest BCUT2D eigenvalue weighted by Gasteiger charge is -2.19. The highest BCUT2D eigenvalue weighted by molar-refractivity contribution is 7.16. The summed E-state index contributed by atoms with van der Waals surface area (Å²) < 4.78 is 5.77. The van der Waals surface area contributed by atoms with Crippen LogP contribution in [-0.2, 0) is 23.1 Å². The van der Waals surface area contributed by atoms with E-state index in [1.54, 1.807) is 11.3 Å². The molecular weight excluding hydrogens is 380 g/mol. The van der Waals surface area contributed by atoms with Crippen LogP contribution in [0.1, 0.15) is 68.5 Å². The fourth-order valence-electron chi connectivity index (χ4n) is 3.62. The number of carbonyl (C=O) groups is 1. The zero-order valence-electron chi connectivity index (χ0n) is 17.8. The monoisotopic (exact) mass is 410 g/mol. The topological polar surface area (TPSA) is 62.1 Å². The van der Waals surface area contributed by atoms with Crippen LogP contribution in [0.5, 0.6) is 5.75 Å². The highest BCUT2D eigenvalue weighted by Gasteiger charge is 2.24. The summed E-state index contributed by atoms with van der Waals surface area (Å²) in [6, 6.07) is 10.4. The molecule has 154 valence electrons. The van der Waals surface area contributed by atoms with Crippen LogP contribution in [0, 0.1) is 17.2 Å². The van der Waals surface area contributed by atoms with Crippen molar-refractivity contribution in [3.63, 3.8) is 0 Å². The van der Waals surface area contributed by atoms with E-state index in [0.717, 1.165) is 35.6 Å². The van der Waals surface area contributed by atoms with Gasteiger partial charge in [-0.2, -0.15) is 5.26 Å². The van der Waals surface area contributed by atoms with E-state index in [2.05, 4.69) is 51.2 Å². The molecule has 0 bridgehead atoms. The standard InChI is InChI=1S/C24H30N2O2S/c1-16-7-12-19-20(15-25)23(29-21(19)14-16)26-22(27)6-5-13-28-18-10-8-17(9-11-18)24(2,3)4/h8-11,16H,5-7,12-14H2,1-4H3,(H,26,27). The first-order valence-corrected chi connectivity index (χ1v) is 11.2. The molecule has 0 saturated heterocycles. The Kier molecular flexibility index (Phi) is 6.64. The summed E-state index contributed by atoms with van der Waals surface area (Å²) in [6.45, 7) is 9.28. The van der Waals surface area contributed by atoms with Crippen LogP contribution in [0.4, 0.5) is 5.00 Å². The van der Waals surface area contributed by atoms with Gasteiger partial charge in [-0.05, 0) is 60.3 Å². The second-order valence-corrected chi connectivity index (χ2v) is 10.0. The van der Waals surface area contributed by atoms with Crippen molar-refractivity contribution in [2.24, 2.45) is 5.92 Å². The number of nitrogens with zero attached hydrogens (tertiary/aromatic N) is 1. The van der Waals surface area contributed by atoms with Crippen LogP contribution >= 0.6 is 11.3 Å². The molecular formula is C24H30N2O2S. The van der Waals surface area contributed by atoms with Crippen LogP contribution in [0.25, 0.3) is 0 Å². The van der Waals surface area contributed by atoms with Crippen LogP contribution < -0.4 is 10.1 Å². The Morgan fingerprint density at radius 1 is 1.31 bits per heavy atom. The van der Waals surface area contributed by atoms with Gasteiger partial charge in [0, 0.05) is 11.3 Å². The number of anilines is 1. The molecule has 1 aliphatic rings. The summed E-state index contributed by atoms with van der Waals surface area (Å²) in [4.78, 5) is 13.6. The van der Waals surface area contributed by atoms with Crippen molar-refractivity contribution >= 4 is 22.2 Å². The van der Waals surface area contributed by atoms with Gasteiger partial charge in [-0.3, -0.25) is 4.79 Å². The Labute approximate surface area is 177 Å². The molecule has 3 rings (SSSR count). The molecule has 1 heterocycles. The van der Waals surface area contributed by atoms with Crippen molar-refractivity contribution in [3.8, 4) is 11.8 Å². The highest BCUT2D eigenvalue weighted by Crippen LogP contribution is 2.39. The number of carbonyl (C=O) groups excluding carboxylic acids is 1. The van der Waals surface area contributed by atoms with Crippen molar-refractivity contribution in [3.05, 3.63) is 45.8 Å². The first kappa shape index (κ1) is 21.4. The van der Waals surface area contributed by atoms with Gasteiger partial charge in [0.2, 0.25) is 5.91 Å². The predicted molar refractivity (Wildman–Crippen MR) is 119 cm³/mol. The van der Waals surface area contributed by atoms with E-state index in [1.807, 2.05) is 12.1 Å². The smallest absolute Gasteiger partial charge is 0.225 e. The maximum Gasteiger partial charge on any atom is 0.225 e. The minimum atomic E-state index is -0.0557. The Morgan fingerprint density at radius 3 is 2.69 bits per heavy atom. The van der Waals surface area contributed by atoms with E-state index in [0.29, 0.717) is 30.9 Å². The number of ether oxygens (including phenoxy) is 1. The molecule has 0 spiro atoms. The quantitative estimate of drug-likeness (QED) is 0.609. The van der Waals surface area contributed by atoms with Crippen molar-refractivity contribution < 1.29 is 9.53 Å². The van der Waals surface area contributed by atoms with E-state index >= 15 is 0 Å². The van der Waals surface area contributed by atoms with Crippen molar-refractivity contribution in [2.45, 2.75) is 65.2 Å². The Balaban J connectivity index is 1.48. The van der Waals surface area contributed by atoms with Gasteiger partial charge < -0.3 is 10.1 Å². The number of thiophene rings is 1. The van der Waals surface area contributed by atoms with E-state index in [4.69, 9.17) is 4.74 Å². The summed E-state index contributed by atoms with van der Waals surface area (Å²) in [5, 5.41) is 13.2. The number of hydrogen-bond donors (Lipinski definition) is 1. The summed E-state index contributed by atoms with van der Waals surface area (Å²) >= 11 is 1.57. The van der Waals surface area contributed by atoms with E-state index in [1.165, 1.54) is 10.4 Å². The molecule has 0 fully saturated rings. The zero-order valence-corrected chi connectivity index (χ0v) is 18.6. The largest absolute Gasteiger partial charge is 0.494 e. The second-order valence-electron chi connectivity index (χ2n) is 8.94. The van der Waals surface area contributed by atoms with E-state index < -0.39 is 0 Å². The summed E-state index contributed by atoms with van der Waals surface area (Å²) in [5.74, 6) is 1.41. The lowest BCUT2D eigenvalue weighted by molar-refractivity contribution is -0.116. The number of hydrogen-bond acceptors (Lipinski definition) is 4. The minimum absolute atomic E-state index is 0.0557. The van der Waals surface area contributed by atoms with Gasteiger partial charge in [0.25, 0.3) is 0 Å². The Bertz CT molecular complexity index is 901. The molecule has 1 aromatic carbocycles. The fourth-order valence-corrected chi connectivity index (χ4v) is 5.00. The number of fused-ring (bicyclic) bond motifs is 1. The maximum atomic E-state index is 12.4. The zero-order chi connectivity index (χ0) is 21.0. The molecule has 1 atom stereocenters. The van der Waals surface area contributed by atoms with E-state index in [9.17, 15) is 10.1 Å². The predicted octanol–water partition coefficient (Wildman–Crippen LogP) is 5.84. The van der Waals surface area contributed by atoms with Crippen LogP contribution in [-0.4, -0.2) is 12.5 Å². The molecule has 1 unspecified atom stereocenters. The van der Waals surface area contributed by atoms with Gasteiger partial charge in [-0.1, -0.05) is 39.8 Å². The van der Waals surface area contributed by atoms with Gasteiger partial charge >= 0.3 is 0 Å². The molecule has 5 heteroatoms. The normalized spacial score (nSPS) is 16.0. The number of nitriles is 1. The molecule has 1 N–H and O–H groups in total. The highest BCUT2D eigenvalue weighted by atomic mass is 32.1. The fraction of sp³-hybridized carbons (Fsp3) is 0.500. The summed E-state index contributed by atoms with van der Waals surface area (Å²) in [6.07, 6.45) is 4.07. The van der Waals surface area contributed by atoms with Crippen LogP contribution in [0.2, 0.25) is 0 Å². The summed E-state index contributed by atoms with van der Waals surface area (Å²) in [7, 11) is 0. The van der Waals surface area contributed by atoms with Gasteiger partial charge in [0.15, 0.2) is 0 Å². The average Bonchev–Trinajstić information content (AvgIpc) is 3.00. The molecule has 0 aliphatic heterocycles. The Morgan fingerprint density at radius 2 is 2.03 bits per heavy atom. The van der Waals surface area contributed by atoms with Gasteiger partial charge in [-0.15, -0.1) is 11.3 Å². The van der Waals surface area contributed by atoms with Crippen molar-refractivity contribution in [1.82, 2.24) is 0 Å². The van der Waals surface area contributed by atoms with Gasteiger partial charge in [0.1, 0.15) is 16.8 Å². The van der Waals surface area contributed by atoms with Crippen LogP contribution in [0.3, 0.4) is 0 Å². The van der Waals surface area contributed by atoms with E-state index in [-0.39, 0.29) is 11.3 Å². The molecule has 0 saturated carbocycles. The Hall–Kier alpha value is -2.32. The third kappa shape index (κ3) is 5.39. The molecule has 2 aromatic rings. The summed E-state index contributed by atoms with van der Waals surface area (Å²) in [5.41, 5.74) is 3.21. The third-order valence-electron chi connectivity index (χ3n) is 5.41. The second kappa shape index (κ2) is 9.00. The van der Waals surface area contributed by atoms with Crippen molar-refractivity contribution in [1.29, 1.82) is 5.26 Å². The molecule has 29 heavy (non-hydrogen) atoms. The van der Waals surface area contributed by atoms with Crippen molar-refractivity contribution in [2.75, 3.05) is 11.9 Å². The molecule has 1 aromatic heterocycles. The van der Waals surface area contributed by atoms with Gasteiger partial charge in [0.05, 0.1) is 12.2 Å². The number of benzene rings is 1. The lowest BCUT2D eigenvalue weighted by atomic mass is 9.87. The maximum absolute atomic E-state index is 12.4. The molecule has 4 nitrogen and oxygen atoms in total. The molecule has 1 amide bonds. The SMILES string of the molecule is CC1CCc2c(sc(NC(=O)CCCOc3ccc(C(C)(C)C)cc3)c2C#N)C1.